The van der Waals surface area contributed by atoms with Gasteiger partial charge in [0.1, 0.15) is 5.82 Å². The molecule has 106 valence electrons. The van der Waals surface area contributed by atoms with Crippen LogP contribution in [0.1, 0.15) is 57.5 Å². The van der Waals surface area contributed by atoms with Gasteiger partial charge in [0, 0.05) is 11.0 Å². The van der Waals surface area contributed by atoms with E-state index in [2.05, 4.69) is 20.5 Å². The normalized spacial score (nSPS) is 12.3. The molecule has 0 unspecified atom stereocenters. The maximum Gasteiger partial charge on any atom is 0.305 e. The van der Waals surface area contributed by atoms with Crippen LogP contribution >= 0.6 is 0 Å². The third-order valence-corrected chi connectivity index (χ3v) is 2.44. The van der Waals surface area contributed by atoms with E-state index >= 15 is 0 Å². The van der Waals surface area contributed by atoms with Crippen molar-refractivity contribution in [2.75, 3.05) is 0 Å². The van der Waals surface area contributed by atoms with Crippen molar-refractivity contribution in [3.8, 4) is 0 Å². The predicted octanol–water partition coefficient (Wildman–Crippen LogP) is 1.09. The molecule has 7 nitrogen and oxygen atoms in total. The number of rotatable bonds is 4. The van der Waals surface area contributed by atoms with Gasteiger partial charge in [-0.05, 0) is 13.8 Å². The number of carbonyl (C=O) groups is 2. The first-order valence-corrected chi connectivity index (χ1v) is 5.98. The van der Waals surface area contributed by atoms with E-state index in [4.69, 9.17) is 5.11 Å². The molecule has 0 aromatic carbocycles. The topological polar surface area (TPSA) is 108 Å². The molecule has 0 saturated carbocycles. The minimum Gasteiger partial charge on any atom is -0.481 e. The molecule has 1 aromatic rings. The number of hydrogen-bond donors (Lipinski definition) is 3. The molecule has 1 amide bonds. The highest BCUT2D eigenvalue weighted by Crippen LogP contribution is 2.17. The van der Waals surface area contributed by atoms with Gasteiger partial charge in [0.2, 0.25) is 5.82 Å². The second-order valence-electron chi connectivity index (χ2n) is 6.17. The van der Waals surface area contributed by atoms with Gasteiger partial charge in [-0.1, -0.05) is 20.8 Å². The Morgan fingerprint density at radius 3 is 2.26 bits per heavy atom. The number of nitrogens with zero attached hydrogens (tertiary/aromatic N) is 2. The summed E-state index contributed by atoms with van der Waals surface area (Å²) in [5.74, 6) is -0.842. The molecule has 7 heteroatoms. The Hall–Kier alpha value is -1.92. The van der Waals surface area contributed by atoms with E-state index in [-0.39, 0.29) is 17.7 Å². The van der Waals surface area contributed by atoms with Gasteiger partial charge < -0.3 is 10.4 Å². The fourth-order valence-electron chi connectivity index (χ4n) is 1.48. The van der Waals surface area contributed by atoms with E-state index < -0.39 is 17.4 Å². The number of carboxylic acid groups (broad SMARTS) is 1. The lowest BCUT2D eigenvalue weighted by atomic mass is 9.96. The molecule has 0 saturated heterocycles. The largest absolute Gasteiger partial charge is 0.481 e. The molecule has 0 spiro atoms. The Bertz CT molecular complexity index is 485. The van der Waals surface area contributed by atoms with Crippen LogP contribution in [0.5, 0.6) is 0 Å². The molecule has 0 fully saturated rings. The van der Waals surface area contributed by atoms with E-state index in [0.29, 0.717) is 5.82 Å². The summed E-state index contributed by atoms with van der Waals surface area (Å²) >= 11 is 0. The highest BCUT2D eigenvalue weighted by atomic mass is 16.4. The van der Waals surface area contributed by atoms with E-state index in [1.165, 1.54) is 0 Å². The maximum absolute atomic E-state index is 11.9. The van der Waals surface area contributed by atoms with Crippen LogP contribution in [-0.2, 0) is 10.2 Å². The summed E-state index contributed by atoms with van der Waals surface area (Å²) in [6.07, 6.45) is -0.171. The fraction of sp³-hybridized carbons (Fsp3) is 0.667. The monoisotopic (exact) mass is 268 g/mol. The first kappa shape index (κ1) is 15.1. The Morgan fingerprint density at radius 1 is 1.26 bits per heavy atom. The zero-order chi connectivity index (χ0) is 14.8. The van der Waals surface area contributed by atoms with Gasteiger partial charge in [-0.15, -0.1) is 5.10 Å². The summed E-state index contributed by atoms with van der Waals surface area (Å²) in [4.78, 5) is 26.7. The van der Waals surface area contributed by atoms with Crippen molar-refractivity contribution in [3.63, 3.8) is 0 Å². The van der Waals surface area contributed by atoms with E-state index in [0.717, 1.165) is 0 Å². The summed E-state index contributed by atoms with van der Waals surface area (Å²) in [7, 11) is 0. The Balaban J connectivity index is 2.79. The average Bonchev–Trinajstić information content (AvgIpc) is 2.61. The lowest BCUT2D eigenvalue weighted by Gasteiger charge is -2.23. The summed E-state index contributed by atoms with van der Waals surface area (Å²) in [5, 5.41) is 17.9. The van der Waals surface area contributed by atoms with Crippen molar-refractivity contribution in [2.24, 2.45) is 0 Å². The van der Waals surface area contributed by atoms with Crippen molar-refractivity contribution >= 4 is 11.9 Å². The molecule has 0 aliphatic heterocycles. The van der Waals surface area contributed by atoms with Gasteiger partial charge >= 0.3 is 5.97 Å². The number of amides is 1. The number of aliphatic carboxylic acids is 1. The minimum absolute atomic E-state index is 0.0170. The van der Waals surface area contributed by atoms with Crippen LogP contribution in [0.4, 0.5) is 0 Å². The smallest absolute Gasteiger partial charge is 0.305 e. The Kier molecular flexibility index (Phi) is 3.97. The lowest BCUT2D eigenvalue weighted by molar-refractivity contribution is -0.138. The summed E-state index contributed by atoms with van der Waals surface area (Å²) in [5.41, 5.74) is -1.09. The first-order chi connectivity index (χ1) is 8.51. The number of aromatic nitrogens is 3. The van der Waals surface area contributed by atoms with Crippen molar-refractivity contribution < 1.29 is 14.7 Å². The molecule has 0 radical (unpaired) electrons. The molecule has 0 bridgehead atoms. The molecular formula is C12H20N4O3. The van der Waals surface area contributed by atoms with Gasteiger partial charge in [-0.2, -0.15) is 0 Å². The maximum atomic E-state index is 11.9. The molecule has 1 aromatic heterocycles. The number of nitrogens with one attached hydrogen (secondary N) is 2. The first-order valence-electron chi connectivity index (χ1n) is 5.98. The molecule has 1 rings (SSSR count). The van der Waals surface area contributed by atoms with E-state index in [9.17, 15) is 9.59 Å². The number of carbonyl (C=O) groups excluding carboxylic acids is 1. The van der Waals surface area contributed by atoms with Crippen LogP contribution in [0.25, 0.3) is 0 Å². The van der Waals surface area contributed by atoms with Crippen molar-refractivity contribution in [3.05, 3.63) is 11.6 Å². The van der Waals surface area contributed by atoms with Crippen LogP contribution in [0, 0.1) is 0 Å². The number of hydrogen-bond acceptors (Lipinski definition) is 4. The Labute approximate surface area is 111 Å². The van der Waals surface area contributed by atoms with E-state index in [1.807, 2.05) is 20.8 Å². The standard InChI is InChI=1S/C12H20N4O3/c1-11(2,3)10-13-8(15-16-10)9(19)14-12(4,5)6-7(17)18/h6H2,1-5H3,(H,14,19)(H,17,18)(H,13,15,16). The summed E-state index contributed by atoms with van der Waals surface area (Å²) in [6.45, 7) is 9.11. The van der Waals surface area contributed by atoms with Crippen LogP contribution in [0.3, 0.4) is 0 Å². The zero-order valence-corrected chi connectivity index (χ0v) is 11.9. The fourth-order valence-corrected chi connectivity index (χ4v) is 1.48. The Morgan fingerprint density at radius 2 is 1.84 bits per heavy atom. The molecular weight excluding hydrogens is 248 g/mol. The van der Waals surface area contributed by atoms with Gasteiger partial charge in [-0.3, -0.25) is 14.7 Å². The van der Waals surface area contributed by atoms with Crippen molar-refractivity contribution in [1.82, 2.24) is 20.5 Å². The van der Waals surface area contributed by atoms with Crippen LogP contribution in [-0.4, -0.2) is 37.7 Å². The molecule has 1 heterocycles. The van der Waals surface area contributed by atoms with Crippen LogP contribution in [0.15, 0.2) is 0 Å². The lowest BCUT2D eigenvalue weighted by Crippen LogP contribution is -2.45. The number of aromatic amines is 1. The highest BCUT2D eigenvalue weighted by molar-refractivity contribution is 5.91. The average molecular weight is 268 g/mol. The van der Waals surface area contributed by atoms with Gasteiger partial charge in [-0.25, -0.2) is 4.98 Å². The van der Waals surface area contributed by atoms with Crippen LogP contribution < -0.4 is 5.32 Å². The summed E-state index contributed by atoms with van der Waals surface area (Å²) < 4.78 is 0. The number of H-pyrrole nitrogens is 1. The van der Waals surface area contributed by atoms with Gasteiger partial charge in [0.15, 0.2) is 0 Å². The third-order valence-electron chi connectivity index (χ3n) is 2.44. The number of carboxylic acids is 1. The summed E-state index contributed by atoms with van der Waals surface area (Å²) in [6, 6.07) is 0. The third kappa shape index (κ3) is 4.35. The quantitative estimate of drug-likeness (QED) is 0.757. The van der Waals surface area contributed by atoms with Crippen molar-refractivity contribution in [2.45, 2.75) is 52.0 Å². The predicted molar refractivity (Wildman–Crippen MR) is 68.9 cm³/mol. The molecule has 0 aliphatic carbocycles. The molecule has 3 N–H and O–H groups in total. The highest BCUT2D eigenvalue weighted by Gasteiger charge is 2.27. The minimum atomic E-state index is -0.976. The molecule has 19 heavy (non-hydrogen) atoms. The van der Waals surface area contributed by atoms with Crippen molar-refractivity contribution in [1.29, 1.82) is 0 Å². The van der Waals surface area contributed by atoms with Gasteiger partial charge in [0.05, 0.1) is 6.42 Å². The molecule has 0 atom stereocenters. The van der Waals surface area contributed by atoms with Gasteiger partial charge in [0.25, 0.3) is 5.91 Å². The second kappa shape index (κ2) is 4.99. The van der Waals surface area contributed by atoms with Crippen LogP contribution in [0.2, 0.25) is 0 Å². The van der Waals surface area contributed by atoms with E-state index in [1.54, 1.807) is 13.8 Å². The second-order valence-corrected chi connectivity index (χ2v) is 6.17. The zero-order valence-electron chi connectivity index (χ0n) is 11.9. The molecule has 0 aliphatic rings. The SMILES string of the molecule is CC(C)(CC(=O)O)NC(=O)c1n[nH]c(C(C)(C)C)n1.